The molecule has 1 aliphatic rings. The summed E-state index contributed by atoms with van der Waals surface area (Å²) in [6.07, 6.45) is 7.72. The monoisotopic (exact) mass is 242 g/mol. The Bertz CT molecular complexity index is 213. The second-order valence-electron chi connectivity index (χ2n) is 5.00. The zero-order valence-electron chi connectivity index (χ0n) is 10.9. The summed E-state index contributed by atoms with van der Waals surface area (Å²) in [6.45, 7) is 3.24. The van der Waals surface area contributed by atoms with Gasteiger partial charge in [0.25, 0.3) is 0 Å². The Morgan fingerprint density at radius 1 is 1.47 bits per heavy atom. The molecule has 1 amide bonds. The Hall–Kier alpha value is -0.610. The van der Waals surface area contributed by atoms with Gasteiger partial charge in [0.15, 0.2) is 0 Å². The van der Waals surface area contributed by atoms with Gasteiger partial charge in [-0.1, -0.05) is 12.8 Å². The molecule has 3 N–H and O–H groups in total. The fraction of sp³-hybridized carbons (Fsp3) is 0.923. The van der Waals surface area contributed by atoms with Gasteiger partial charge in [-0.15, -0.1) is 0 Å². The number of hydrogen-bond acceptors (Lipinski definition) is 3. The van der Waals surface area contributed by atoms with E-state index in [-0.39, 0.29) is 11.9 Å². The van der Waals surface area contributed by atoms with Crippen LogP contribution in [-0.4, -0.2) is 31.2 Å². The molecule has 4 heteroatoms. The Labute approximate surface area is 104 Å². The molecule has 0 aromatic rings. The van der Waals surface area contributed by atoms with Crippen molar-refractivity contribution in [2.24, 2.45) is 5.73 Å². The molecule has 0 aliphatic heterocycles. The number of ether oxygens (including phenoxy) is 1. The number of nitrogens with two attached hydrogens (primary N) is 1. The lowest BCUT2D eigenvalue weighted by Gasteiger charge is -2.11. The zero-order chi connectivity index (χ0) is 12.5. The molecule has 0 radical (unpaired) electrons. The standard InChI is InChI=1S/C13H26N2O2/c1-11(14)5-4-8-13(16)15-9-10-17-12-6-2-3-7-12/h11-12H,2-10,14H2,1H3,(H,15,16). The van der Waals surface area contributed by atoms with E-state index >= 15 is 0 Å². The second-order valence-corrected chi connectivity index (χ2v) is 5.00. The molecular formula is C13H26N2O2. The predicted octanol–water partition coefficient (Wildman–Crippen LogP) is 1.58. The summed E-state index contributed by atoms with van der Waals surface area (Å²) >= 11 is 0. The van der Waals surface area contributed by atoms with Gasteiger partial charge in [-0.2, -0.15) is 0 Å². The molecule has 1 unspecified atom stereocenters. The van der Waals surface area contributed by atoms with E-state index in [0.29, 0.717) is 25.7 Å². The lowest BCUT2D eigenvalue weighted by atomic mass is 10.1. The maximum Gasteiger partial charge on any atom is 0.220 e. The first kappa shape index (κ1) is 14.5. The quantitative estimate of drug-likeness (QED) is 0.635. The fourth-order valence-corrected chi connectivity index (χ4v) is 2.14. The van der Waals surface area contributed by atoms with Crippen LogP contribution in [0, 0.1) is 0 Å². The number of rotatable bonds is 8. The number of carbonyl (C=O) groups excluding carboxylic acids is 1. The van der Waals surface area contributed by atoms with Crippen molar-refractivity contribution in [3.63, 3.8) is 0 Å². The number of hydrogen-bond donors (Lipinski definition) is 2. The van der Waals surface area contributed by atoms with Gasteiger partial charge in [0.2, 0.25) is 5.91 Å². The highest BCUT2D eigenvalue weighted by Gasteiger charge is 2.14. The molecule has 0 spiro atoms. The third-order valence-electron chi connectivity index (χ3n) is 3.14. The topological polar surface area (TPSA) is 64.4 Å². The van der Waals surface area contributed by atoms with Gasteiger partial charge in [-0.25, -0.2) is 0 Å². The van der Waals surface area contributed by atoms with Gasteiger partial charge < -0.3 is 15.8 Å². The van der Waals surface area contributed by atoms with E-state index in [1.54, 1.807) is 0 Å². The van der Waals surface area contributed by atoms with Crippen LogP contribution in [0.25, 0.3) is 0 Å². The summed E-state index contributed by atoms with van der Waals surface area (Å²) in [7, 11) is 0. The average Bonchev–Trinajstić information content (AvgIpc) is 2.76. The largest absolute Gasteiger partial charge is 0.376 e. The smallest absolute Gasteiger partial charge is 0.220 e. The summed E-state index contributed by atoms with van der Waals surface area (Å²) in [4.78, 5) is 11.4. The number of nitrogens with one attached hydrogen (secondary N) is 1. The first-order chi connectivity index (χ1) is 8.18. The summed E-state index contributed by atoms with van der Waals surface area (Å²) in [6, 6.07) is 0.188. The average molecular weight is 242 g/mol. The van der Waals surface area contributed by atoms with E-state index < -0.39 is 0 Å². The minimum absolute atomic E-state index is 0.112. The minimum atomic E-state index is 0.112. The van der Waals surface area contributed by atoms with Crippen LogP contribution in [0.5, 0.6) is 0 Å². The molecule has 0 heterocycles. The molecule has 1 saturated carbocycles. The first-order valence-electron chi connectivity index (χ1n) is 6.82. The van der Waals surface area contributed by atoms with Gasteiger partial charge in [-0.3, -0.25) is 4.79 Å². The molecule has 4 nitrogen and oxygen atoms in total. The summed E-state index contributed by atoms with van der Waals surface area (Å²) in [5.41, 5.74) is 5.62. The third kappa shape index (κ3) is 7.34. The minimum Gasteiger partial charge on any atom is -0.376 e. The maximum atomic E-state index is 11.4. The fourth-order valence-electron chi connectivity index (χ4n) is 2.14. The van der Waals surface area contributed by atoms with E-state index in [0.717, 1.165) is 12.8 Å². The number of carbonyl (C=O) groups is 1. The maximum absolute atomic E-state index is 11.4. The van der Waals surface area contributed by atoms with Crippen LogP contribution in [0.2, 0.25) is 0 Å². The Morgan fingerprint density at radius 2 is 2.18 bits per heavy atom. The lowest BCUT2D eigenvalue weighted by Crippen LogP contribution is -2.28. The van der Waals surface area contributed by atoms with E-state index in [4.69, 9.17) is 10.5 Å². The van der Waals surface area contributed by atoms with Crippen LogP contribution >= 0.6 is 0 Å². The highest BCUT2D eigenvalue weighted by molar-refractivity contribution is 5.75. The summed E-state index contributed by atoms with van der Waals surface area (Å²) in [5, 5.41) is 2.88. The Morgan fingerprint density at radius 3 is 2.82 bits per heavy atom. The van der Waals surface area contributed by atoms with E-state index in [1.807, 2.05) is 6.92 Å². The normalized spacial score (nSPS) is 18.2. The Balaban J connectivity index is 1.89. The van der Waals surface area contributed by atoms with Crippen molar-refractivity contribution in [2.45, 2.75) is 64.0 Å². The van der Waals surface area contributed by atoms with Gasteiger partial charge in [0.05, 0.1) is 12.7 Å². The van der Waals surface area contributed by atoms with Crippen molar-refractivity contribution in [2.75, 3.05) is 13.2 Å². The highest BCUT2D eigenvalue weighted by atomic mass is 16.5. The molecule has 100 valence electrons. The predicted molar refractivity (Wildman–Crippen MR) is 68.7 cm³/mol. The first-order valence-corrected chi connectivity index (χ1v) is 6.82. The van der Waals surface area contributed by atoms with Gasteiger partial charge in [0.1, 0.15) is 0 Å². The Kier molecular flexibility index (Phi) is 7.21. The molecule has 17 heavy (non-hydrogen) atoms. The molecular weight excluding hydrogens is 216 g/mol. The van der Waals surface area contributed by atoms with Crippen molar-refractivity contribution in [1.29, 1.82) is 0 Å². The molecule has 0 bridgehead atoms. The van der Waals surface area contributed by atoms with Crippen molar-refractivity contribution in [3.05, 3.63) is 0 Å². The van der Waals surface area contributed by atoms with Crippen molar-refractivity contribution in [3.8, 4) is 0 Å². The summed E-state index contributed by atoms with van der Waals surface area (Å²) in [5.74, 6) is 0.112. The van der Waals surface area contributed by atoms with Crippen LogP contribution in [0.3, 0.4) is 0 Å². The second kappa shape index (κ2) is 8.48. The van der Waals surface area contributed by atoms with Gasteiger partial charge in [-0.05, 0) is 32.6 Å². The summed E-state index contributed by atoms with van der Waals surface area (Å²) < 4.78 is 5.66. The van der Waals surface area contributed by atoms with Gasteiger partial charge in [0, 0.05) is 19.0 Å². The molecule has 1 atom stereocenters. The molecule has 0 aromatic heterocycles. The SMILES string of the molecule is CC(N)CCCC(=O)NCCOC1CCCC1. The van der Waals surface area contributed by atoms with Crippen molar-refractivity contribution in [1.82, 2.24) is 5.32 Å². The van der Waals surface area contributed by atoms with Crippen LogP contribution < -0.4 is 11.1 Å². The molecule has 0 aromatic carbocycles. The van der Waals surface area contributed by atoms with Crippen LogP contribution in [-0.2, 0) is 9.53 Å². The molecule has 0 saturated heterocycles. The number of amides is 1. The molecule has 1 aliphatic carbocycles. The van der Waals surface area contributed by atoms with E-state index in [9.17, 15) is 4.79 Å². The van der Waals surface area contributed by atoms with E-state index in [1.165, 1.54) is 25.7 Å². The van der Waals surface area contributed by atoms with Crippen molar-refractivity contribution >= 4 is 5.91 Å². The van der Waals surface area contributed by atoms with Crippen LogP contribution in [0.15, 0.2) is 0 Å². The third-order valence-corrected chi connectivity index (χ3v) is 3.14. The molecule has 1 rings (SSSR count). The van der Waals surface area contributed by atoms with Crippen molar-refractivity contribution < 1.29 is 9.53 Å². The van der Waals surface area contributed by atoms with Crippen LogP contribution in [0.1, 0.15) is 51.9 Å². The highest BCUT2D eigenvalue weighted by Crippen LogP contribution is 2.20. The molecule has 1 fully saturated rings. The van der Waals surface area contributed by atoms with E-state index in [2.05, 4.69) is 5.32 Å². The van der Waals surface area contributed by atoms with Gasteiger partial charge >= 0.3 is 0 Å². The van der Waals surface area contributed by atoms with Crippen LogP contribution in [0.4, 0.5) is 0 Å². The zero-order valence-corrected chi connectivity index (χ0v) is 10.9. The lowest BCUT2D eigenvalue weighted by molar-refractivity contribution is -0.121.